The monoisotopic (exact) mass is 170 g/mol. The van der Waals surface area contributed by atoms with E-state index in [-0.39, 0.29) is 0 Å². The van der Waals surface area contributed by atoms with Crippen LogP contribution in [0.3, 0.4) is 0 Å². The predicted octanol–water partition coefficient (Wildman–Crippen LogP) is 3.09. The molecule has 12 heavy (non-hydrogen) atoms. The molecule has 0 amide bonds. The summed E-state index contributed by atoms with van der Waals surface area (Å²) in [5, 5.41) is 0. The molecule has 0 spiro atoms. The van der Waals surface area contributed by atoms with Gasteiger partial charge in [-0.1, -0.05) is 20.8 Å². The summed E-state index contributed by atoms with van der Waals surface area (Å²) < 4.78 is 5.44. The van der Waals surface area contributed by atoms with Crippen molar-refractivity contribution in [3.05, 3.63) is 0 Å². The van der Waals surface area contributed by atoms with Crippen LogP contribution in [-0.2, 0) is 4.74 Å². The first-order valence-electron chi connectivity index (χ1n) is 5.16. The topological polar surface area (TPSA) is 9.23 Å². The van der Waals surface area contributed by atoms with E-state index in [0.29, 0.717) is 6.10 Å². The van der Waals surface area contributed by atoms with Crippen molar-refractivity contribution in [1.82, 2.24) is 0 Å². The van der Waals surface area contributed by atoms with E-state index in [1.54, 1.807) is 0 Å². The van der Waals surface area contributed by atoms with E-state index < -0.39 is 0 Å². The predicted molar refractivity (Wildman–Crippen MR) is 52.1 cm³/mol. The highest BCUT2D eigenvalue weighted by Crippen LogP contribution is 2.34. The molecule has 1 saturated carbocycles. The van der Waals surface area contributed by atoms with Crippen LogP contribution in [0.1, 0.15) is 40.0 Å². The van der Waals surface area contributed by atoms with Crippen molar-refractivity contribution in [2.75, 3.05) is 7.11 Å². The van der Waals surface area contributed by atoms with Crippen LogP contribution < -0.4 is 0 Å². The van der Waals surface area contributed by atoms with Crippen LogP contribution in [0.5, 0.6) is 0 Å². The normalized spacial score (nSPS) is 37.2. The quantitative estimate of drug-likeness (QED) is 0.619. The van der Waals surface area contributed by atoms with Crippen LogP contribution in [-0.4, -0.2) is 13.2 Å². The molecule has 1 fully saturated rings. The largest absolute Gasteiger partial charge is 0.381 e. The highest BCUT2D eigenvalue weighted by atomic mass is 16.5. The minimum Gasteiger partial charge on any atom is -0.381 e. The van der Waals surface area contributed by atoms with Gasteiger partial charge in [0.2, 0.25) is 0 Å². The Morgan fingerprint density at radius 1 is 1.17 bits per heavy atom. The molecule has 0 saturated heterocycles. The van der Waals surface area contributed by atoms with Crippen molar-refractivity contribution in [2.45, 2.75) is 46.1 Å². The van der Waals surface area contributed by atoms with Crippen molar-refractivity contribution >= 4 is 0 Å². The van der Waals surface area contributed by atoms with Crippen LogP contribution in [0.4, 0.5) is 0 Å². The van der Waals surface area contributed by atoms with E-state index in [1.807, 2.05) is 7.11 Å². The number of methoxy groups -OCH3 is 1. The molecular weight excluding hydrogens is 148 g/mol. The molecule has 72 valence electrons. The van der Waals surface area contributed by atoms with Crippen LogP contribution in [0, 0.1) is 17.8 Å². The van der Waals surface area contributed by atoms with Crippen LogP contribution in [0.2, 0.25) is 0 Å². The Hall–Kier alpha value is -0.0400. The van der Waals surface area contributed by atoms with Gasteiger partial charge in [0.15, 0.2) is 0 Å². The third-order valence-corrected chi connectivity index (χ3v) is 3.21. The lowest BCUT2D eigenvalue weighted by atomic mass is 9.75. The molecule has 1 aliphatic carbocycles. The summed E-state index contributed by atoms with van der Waals surface area (Å²) >= 11 is 0. The van der Waals surface area contributed by atoms with Gasteiger partial charge in [0.1, 0.15) is 0 Å². The molecule has 0 bridgehead atoms. The smallest absolute Gasteiger partial charge is 0.0576 e. The van der Waals surface area contributed by atoms with Gasteiger partial charge < -0.3 is 4.74 Å². The van der Waals surface area contributed by atoms with Gasteiger partial charge in [0.25, 0.3) is 0 Å². The summed E-state index contributed by atoms with van der Waals surface area (Å²) in [4.78, 5) is 0. The zero-order valence-electron chi connectivity index (χ0n) is 8.84. The standard InChI is InChI=1S/C11H22O/c1-8(2)10-5-9(3)6-11(7-10)12-4/h8-11H,5-7H2,1-4H3. The van der Waals surface area contributed by atoms with E-state index in [4.69, 9.17) is 4.74 Å². The Labute approximate surface area is 76.5 Å². The average Bonchev–Trinajstić information content (AvgIpc) is 2.03. The summed E-state index contributed by atoms with van der Waals surface area (Å²) in [6.45, 7) is 7.01. The Morgan fingerprint density at radius 3 is 2.33 bits per heavy atom. The molecule has 1 nitrogen and oxygen atoms in total. The third-order valence-electron chi connectivity index (χ3n) is 3.21. The van der Waals surface area contributed by atoms with Crippen molar-refractivity contribution < 1.29 is 4.74 Å². The fraction of sp³-hybridized carbons (Fsp3) is 1.00. The van der Waals surface area contributed by atoms with Gasteiger partial charge in [-0.05, 0) is 37.0 Å². The number of hydrogen-bond acceptors (Lipinski definition) is 1. The molecule has 0 radical (unpaired) electrons. The maximum atomic E-state index is 5.44. The summed E-state index contributed by atoms with van der Waals surface area (Å²) in [7, 11) is 1.85. The van der Waals surface area contributed by atoms with Gasteiger partial charge in [0.05, 0.1) is 6.10 Å². The van der Waals surface area contributed by atoms with E-state index in [2.05, 4.69) is 20.8 Å². The highest BCUT2D eigenvalue weighted by molar-refractivity contribution is 4.78. The first-order chi connectivity index (χ1) is 5.63. The summed E-state index contributed by atoms with van der Waals surface area (Å²) in [5.74, 6) is 2.57. The molecular formula is C11H22O. The molecule has 0 aromatic heterocycles. The van der Waals surface area contributed by atoms with E-state index in [0.717, 1.165) is 17.8 Å². The average molecular weight is 170 g/mol. The molecule has 3 unspecified atom stereocenters. The molecule has 0 aliphatic heterocycles. The van der Waals surface area contributed by atoms with Crippen molar-refractivity contribution in [2.24, 2.45) is 17.8 Å². The Balaban J connectivity index is 2.45. The van der Waals surface area contributed by atoms with Crippen molar-refractivity contribution in [1.29, 1.82) is 0 Å². The summed E-state index contributed by atoms with van der Waals surface area (Å²) in [6, 6.07) is 0. The van der Waals surface area contributed by atoms with Gasteiger partial charge in [-0.3, -0.25) is 0 Å². The first-order valence-corrected chi connectivity index (χ1v) is 5.16. The van der Waals surface area contributed by atoms with Crippen molar-refractivity contribution in [3.63, 3.8) is 0 Å². The SMILES string of the molecule is COC1CC(C)CC(C(C)C)C1. The number of hydrogen-bond donors (Lipinski definition) is 0. The highest BCUT2D eigenvalue weighted by Gasteiger charge is 2.27. The zero-order chi connectivity index (χ0) is 9.14. The molecule has 1 aliphatic rings. The lowest BCUT2D eigenvalue weighted by Crippen LogP contribution is -2.29. The minimum atomic E-state index is 0.529. The fourth-order valence-electron chi connectivity index (χ4n) is 2.33. The third kappa shape index (κ3) is 2.48. The van der Waals surface area contributed by atoms with Crippen LogP contribution >= 0.6 is 0 Å². The Kier molecular flexibility index (Phi) is 3.57. The Bertz CT molecular complexity index is 131. The second kappa shape index (κ2) is 4.27. The second-order valence-electron chi connectivity index (χ2n) is 4.67. The van der Waals surface area contributed by atoms with Crippen LogP contribution in [0.15, 0.2) is 0 Å². The molecule has 0 heterocycles. The minimum absolute atomic E-state index is 0.529. The lowest BCUT2D eigenvalue weighted by molar-refractivity contribution is 0.0213. The lowest BCUT2D eigenvalue weighted by Gasteiger charge is -2.34. The number of rotatable bonds is 2. The van der Waals surface area contributed by atoms with Crippen molar-refractivity contribution in [3.8, 4) is 0 Å². The summed E-state index contributed by atoms with van der Waals surface area (Å²) in [6.07, 6.45) is 4.47. The summed E-state index contributed by atoms with van der Waals surface area (Å²) in [5.41, 5.74) is 0. The second-order valence-corrected chi connectivity index (χ2v) is 4.67. The van der Waals surface area contributed by atoms with Gasteiger partial charge >= 0.3 is 0 Å². The van der Waals surface area contributed by atoms with E-state index >= 15 is 0 Å². The van der Waals surface area contributed by atoms with E-state index in [1.165, 1.54) is 19.3 Å². The molecule has 3 atom stereocenters. The fourth-order valence-corrected chi connectivity index (χ4v) is 2.33. The Morgan fingerprint density at radius 2 is 1.83 bits per heavy atom. The van der Waals surface area contributed by atoms with Gasteiger partial charge in [-0.15, -0.1) is 0 Å². The van der Waals surface area contributed by atoms with Gasteiger partial charge in [0, 0.05) is 7.11 Å². The molecule has 0 aromatic rings. The zero-order valence-corrected chi connectivity index (χ0v) is 8.84. The number of ether oxygens (including phenoxy) is 1. The first kappa shape index (κ1) is 10.0. The van der Waals surface area contributed by atoms with E-state index in [9.17, 15) is 0 Å². The van der Waals surface area contributed by atoms with Gasteiger partial charge in [-0.2, -0.15) is 0 Å². The molecule has 0 aromatic carbocycles. The van der Waals surface area contributed by atoms with Gasteiger partial charge in [-0.25, -0.2) is 0 Å². The molecule has 1 rings (SSSR count). The van der Waals surface area contributed by atoms with Crippen LogP contribution in [0.25, 0.3) is 0 Å². The maximum Gasteiger partial charge on any atom is 0.0576 e. The molecule has 1 heteroatoms. The maximum absolute atomic E-state index is 5.44. The molecule has 0 N–H and O–H groups in total.